The third-order valence-corrected chi connectivity index (χ3v) is 3.93. The maximum atomic E-state index is 12.4. The fraction of sp³-hybridized carbons (Fsp3) is 0.400. The molecule has 0 saturated carbocycles. The van der Waals surface area contributed by atoms with E-state index in [2.05, 4.69) is 20.8 Å². The smallest absolute Gasteiger partial charge is 0.305 e. The molecule has 1 unspecified atom stereocenters. The van der Waals surface area contributed by atoms with Crippen LogP contribution in [0, 0.1) is 5.92 Å². The zero-order valence-electron chi connectivity index (χ0n) is 13.2. The van der Waals surface area contributed by atoms with E-state index in [4.69, 9.17) is 5.11 Å². The second-order valence-corrected chi connectivity index (χ2v) is 5.90. The molecule has 8 heteroatoms. The molecule has 1 atom stereocenters. The van der Waals surface area contributed by atoms with E-state index < -0.39 is 11.5 Å². The quantitative estimate of drug-likeness (QED) is 0.830. The second-order valence-electron chi connectivity index (χ2n) is 5.90. The topological polar surface area (TPSA) is 110 Å². The molecule has 0 aliphatic carbocycles. The van der Waals surface area contributed by atoms with Gasteiger partial charge in [-0.3, -0.25) is 9.59 Å². The number of benzene rings is 1. The number of hydrogen-bond donors (Lipinski definition) is 2. The third-order valence-electron chi connectivity index (χ3n) is 3.93. The minimum atomic E-state index is -0.949. The number of rotatable bonds is 6. The number of nitrogens with one attached hydrogen (secondary N) is 1. The van der Waals surface area contributed by atoms with Gasteiger partial charge in [-0.05, 0) is 47.5 Å². The predicted octanol–water partition coefficient (Wildman–Crippen LogP) is 1.28. The van der Waals surface area contributed by atoms with E-state index in [1.807, 2.05) is 13.8 Å². The largest absolute Gasteiger partial charge is 0.481 e. The Morgan fingerprint density at radius 1 is 1.30 bits per heavy atom. The molecule has 1 heterocycles. The van der Waals surface area contributed by atoms with Gasteiger partial charge in [0, 0.05) is 5.56 Å². The van der Waals surface area contributed by atoms with Crippen LogP contribution in [0.15, 0.2) is 30.6 Å². The molecule has 2 rings (SSSR count). The maximum Gasteiger partial charge on any atom is 0.305 e. The Kier molecular flexibility index (Phi) is 4.73. The van der Waals surface area contributed by atoms with Crippen LogP contribution in [0.4, 0.5) is 0 Å². The third kappa shape index (κ3) is 3.91. The van der Waals surface area contributed by atoms with E-state index in [0.717, 1.165) is 5.69 Å². The molecule has 1 amide bonds. The Labute approximate surface area is 133 Å². The summed E-state index contributed by atoms with van der Waals surface area (Å²) < 4.78 is 1.48. The van der Waals surface area contributed by atoms with Crippen molar-refractivity contribution in [1.29, 1.82) is 0 Å². The standard InChI is InChI=1S/C15H19N5O3/c1-10(2)15(3,8-13(21)22)17-14(23)11-4-6-12(7-5-11)20-9-16-18-19-20/h4-7,9-10H,8H2,1-3H3,(H,17,23)(H,21,22). The minimum Gasteiger partial charge on any atom is -0.481 e. The van der Waals surface area contributed by atoms with Gasteiger partial charge in [0.15, 0.2) is 0 Å². The Balaban J connectivity index is 2.15. The fourth-order valence-electron chi connectivity index (χ4n) is 2.08. The zero-order valence-corrected chi connectivity index (χ0v) is 13.2. The molecule has 0 radical (unpaired) electrons. The van der Waals surface area contributed by atoms with Crippen LogP contribution >= 0.6 is 0 Å². The van der Waals surface area contributed by atoms with E-state index in [9.17, 15) is 9.59 Å². The highest BCUT2D eigenvalue weighted by atomic mass is 16.4. The highest BCUT2D eigenvalue weighted by Crippen LogP contribution is 2.21. The molecule has 0 spiro atoms. The van der Waals surface area contributed by atoms with Crippen LogP contribution in [0.3, 0.4) is 0 Å². The van der Waals surface area contributed by atoms with Crippen LogP contribution in [-0.4, -0.2) is 42.7 Å². The van der Waals surface area contributed by atoms with Gasteiger partial charge in [0.25, 0.3) is 5.91 Å². The number of nitrogens with zero attached hydrogens (tertiary/aromatic N) is 4. The summed E-state index contributed by atoms with van der Waals surface area (Å²) in [7, 11) is 0. The molecule has 23 heavy (non-hydrogen) atoms. The van der Waals surface area contributed by atoms with Crippen LogP contribution in [0.25, 0.3) is 5.69 Å². The first-order valence-electron chi connectivity index (χ1n) is 7.19. The number of carbonyl (C=O) groups excluding carboxylic acids is 1. The number of carboxylic acid groups (broad SMARTS) is 1. The van der Waals surface area contributed by atoms with Crippen LogP contribution < -0.4 is 5.32 Å². The highest BCUT2D eigenvalue weighted by molar-refractivity contribution is 5.95. The van der Waals surface area contributed by atoms with Gasteiger partial charge in [-0.1, -0.05) is 13.8 Å². The van der Waals surface area contributed by atoms with Crippen molar-refractivity contribution < 1.29 is 14.7 Å². The summed E-state index contributed by atoms with van der Waals surface area (Å²) in [6, 6.07) is 6.73. The number of carboxylic acids is 1. The van der Waals surface area contributed by atoms with Gasteiger partial charge in [-0.15, -0.1) is 5.10 Å². The van der Waals surface area contributed by atoms with E-state index in [1.165, 1.54) is 11.0 Å². The van der Waals surface area contributed by atoms with Crippen molar-refractivity contribution in [2.24, 2.45) is 5.92 Å². The van der Waals surface area contributed by atoms with Crippen LogP contribution in [0.5, 0.6) is 0 Å². The van der Waals surface area contributed by atoms with Crippen molar-refractivity contribution in [3.05, 3.63) is 36.2 Å². The van der Waals surface area contributed by atoms with Gasteiger partial charge >= 0.3 is 5.97 Å². The van der Waals surface area contributed by atoms with E-state index in [-0.39, 0.29) is 18.2 Å². The number of amides is 1. The molecular formula is C15H19N5O3. The summed E-state index contributed by atoms with van der Waals surface area (Å²) in [6.07, 6.45) is 1.32. The normalized spacial score (nSPS) is 13.6. The summed E-state index contributed by atoms with van der Waals surface area (Å²) in [6.45, 7) is 5.49. The van der Waals surface area contributed by atoms with Gasteiger partial charge in [0.2, 0.25) is 0 Å². The van der Waals surface area contributed by atoms with Crippen molar-refractivity contribution in [2.45, 2.75) is 32.7 Å². The molecule has 0 saturated heterocycles. The molecule has 0 aliphatic heterocycles. The number of aliphatic carboxylic acids is 1. The van der Waals surface area contributed by atoms with E-state index in [0.29, 0.717) is 5.56 Å². The van der Waals surface area contributed by atoms with Gasteiger partial charge in [0.1, 0.15) is 6.33 Å². The molecule has 2 aromatic rings. The SMILES string of the molecule is CC(C)C(C)(CC(=O)O)NC(=O)c1ccc(-n2cnnn2)cc1. The zero-order chi connectivity index (χ0) is 17.0. The number of aromatic nitrogens is 4. The molecule has 0 aliphatic rings. The van der Waals surface area contributed by atoms with Crippen molar-refractivity contribution in [3.63, 3.8) is 0 Å². The average Bonchev–Trinajstić information content (AvgIpc) is 3.00. The molecule has 122 valence electrons. The summed E-state index contributed by atoms with van der Waals surface area (Å²) >= 11 is 0. The van der Waals surface area contributed by atoms with Crippen molar-refractivity contribution in [2.75, 3.05) is 0 Å². The van der Waals surface area contributed by atoms with Gasteiger partial charge in [-0.25, -0.2) is 4.68 Å². The Bertz CT molecular complexity index is 682. The van der Waals surface area contributed by atoms with E-state index in [1.54, 1.807) is 31.2 Å². The lowest BCUT2D eigenvalue weighted by molar-refractivity contribution is -0.138. The van der Waals surface area contributed by atoms with E-state index >= 15 is 0 Å². The number of tetrazole rings is 1. The second kappa shape index (κ2) is 6.55. The lowest BCUT2D eigenvalue weighted by atomic mass is 9.85. The molecule has 8 nitrogen and oxygen atoms in total. The average molecular weight is 317 g/mol. The Hall–Kier alpha value is -2.77. The Morgan fingerprint density at radius 2 is 1.96 bits per heavy atom. The van der Waals surface area contributed by atoms with Gasteiger partial charge in [-0.2, -0.15) is 0 Å². The highest BCUT2D eigenvalue weighted by Gasteiger charge is 2.33. The summed E-state index contributed by atoms with van der Waals surface area (Å²) in [5.74, 6) is -1.29. The van der Waals surface area contributed by atoms with Gasteiger partial charge < -0.3 is 10.4 Å². The molecule has 2 N–H and O–H groups in total. The summed E-state index contributed by atoms with van der Waals surface area (Å²) in [5.41, 5.74) is 0.347. The van der Waals surface area contributed by atoms with Crippen molar-refractivity contribution >= 4 is 11.9 Å². The van der Waals surface area contributed by atoms with Crippen molar-refractivity contribution in [3.8, 4) is 5.69 Å². The molecular weight excluding hydrogens is 298 g/mol. The van der Waals surface area contributed by atoms with Crippen LogP contribution in [0.2, 0.25) is 0 Å². The Morgan fingerprint density at radius 3 is 2.43 bits per heavy atom. The minimum absolute atomic E-state index is 0.0250. The lowest BCUT2D eigenvalue weighted by Gasteiger charge is -2.33. The predicted molar refractivity (Wildman–Crippen MR) is 82.1 cm³/mol. The molecule has 0 fully saturated rings. The van der Waals surface area contributed by atoms with Gasteiger partial charge in [0.05, 0.1) is 17.6 Å². The first-order chi connectivity index (χ1) is 10.8. The molecule has 1 aromatic heterocycles. The maximum absolute atomic E-state index is 12.4. The summed E-state index contributed by atoms with van der Waals surface area (Å²) in [5, 5.41) is 22.7. The molecule has 0 bridgehead atoms. The fourth-order valence-corrected chi connectivity index (χ4v) is 2.08. The number of hydrogen-bond acceptors (Lipinski definition) is 5. The number of carbonyl (C=O) groups is 2. The van der Waals surface area contributed by atoms with Crippen LogP contribution in [-0.2, 0) is 4.79 Å². The monoisotopic (exact) mass is 317 g/mol. The lowest BCUT2D eigenvalue weighted by Crippen LogP contribution is -2.51. The first kappa shape index (κ1) is 16.6. The van der Waals surface area contributed by atoms with Crippen LogP contribution in [0.1, 0.15) is 37.6 Å². The van der Waals surface area contributed by atoms with Crippen molar-refractivity contribution in [1.82, 2.24) is 25.5 Å². The summed E-state index contributed by atoms with van der Waals surface area (Å²) in [4.78, 5) is 23.4. The first-order valence-corrected chi connectivity index (χ1v) is 7.19. The molecule has 1 aromatic carbocycles.